The number of ether oxygens (including phenoxy) is 2. The Hall–Kier alpha value is -3.28. The molecule has 0 fully saturated rings. The van der Waals surface area contributed by atoms with Crippen LogP contribution in [0.25, 0.3) is 0 Å². The maximum Gasteiger partial charge on any atom is 0.224 e. The molecular weight excluding hydrogens is 364 g/mol. The van der Waals surface area contributed by atoms with E-state index in [0.717, 1.165) is 36.8 Å². The second-order valence-electron chi connectivity index (χ2n) is 7.23. The molecule has 6 nitrogen and oxygen atoms in total. The van der Waals surface area contributed by atoms with E-state index in [2.05, 4.69) is 58.5 Å². The quantitative estimate of drug-likeness (QED) is 0.687. The molecule has 0 radical (unpaired) electrons. The lowest BCUT2D eigenvalue weighted by Gasteiger charge is -2.30. The summed E-state index contributed by atoms with van der Waals surface area (Å²) in [6.07, 6.45) is 2.75. The standard InChI is InChI=1S/C23H26N4O2/c1-16-4-6-17(7-5-16)14-25-23-24-10-8-22(26-23)27-11-9-18-12-20(28-2)21(29-3)13-19(18)15-27/h4-8,10,12-13H,9,11,14-15H2,1-3H3,(H,24,25,26). The zero-order chi connectivity index (χ0) is 20.2. The Labute approximate surface area is 171 Å². The maximum absolute atomic E-state index is 5.46. The summed E-state index contributed by atoms with van der Waals surface area (Å²) in [6, 6.07) is 14.6. The summed E-state index contributed by atoms with van der Waals surface area (Å²) in [6.45, 7) is 4.47. The predicted molar refractivity (Wildman–Crippen MR) is 115 cm³/mol. The molecule has 150 valence electrons. The van der Waals surface area contributed by atoms with Gasteiger partial charge in [0.15, 0.2) is 11.5 Å². The first-order chi connectivity index (χ1) is 14.2. The van der Waals surface area contributed by atoms with Crippen molar-refractivity contribution in [3.63, 3.8) is 0 Å². The van der Waals surface area contributed by atoms with Crippen LogP contribution in [-0.4, -0.2) is 30.7 Å². The van der Waals surface area contributed by atoms with E-state index >= 15 is 0 Å². The van der Waals surface area contributed by atoms with Gasteiger partial charge in [-0.15, -0.1) is 0 Å². The minimum absolute atomic E-state index is 0.640. The average Bonchev–Trinajstić information content (AvgIpc) is 2.77. The Kier molecular flexibility index (Phi) is 5.51. The largest absolute Gasteiger partial charge is 0.493 e. The maximum atomic E-state index is 5.46. The van der Waals surface area contributed by atoms with Crippen LogP contribution in [0.15, 0.2) is 48.7 Å². The number of fused-ring (bicyclic) bond motifs is 1. The highest BCUT2D eigenvalue weighted by Gasteiger charge is 2.20. The van der Waals surface area contributed by atoms with Gasteiger partial charge in [-0.05, 0) is 48.2 Å². The number of hydrogen-bond donors (Lipinski definition) is 1. The molecule has 0 saturated heterocycles. The topological polar surface area (TPSA) is 59.5 Å². The van der Waals surface area contributed by atoms with Crippen LogP contribution in [0.2, 0.25) is 0 Å². The molecule has 2 heterocycles. The summed E-state index contributed by atoms with van der Waals surface area (Å²) in [5.74, 6) is 3.11. The molecule has 0 bridgehead atoms. The lowest BCUT2D eigenvalue weighted by atomic mass is 9.99. The predicted octanol–water partition coefficient (Wildman–Crippen LogP) is 3.98. The molecular formula is C23H26N4O2. The summed E-state index contributed by atoms with van der Waals surface area (Å²) in [4.78, 5) is 11.4. The molecule has 0 unspecified atom stereocenters. The first kappa shape index (κ1) is 19.1. The Morgan fingerprint density at radius 1 is 1.00 bits per heavy atom. The van der Waals surface area contributed by atoms with E-state index in [1.54, 1.807) is 14.2 Å². The molecule has 0 atom stereocenters. The van der Waals surface area contributed by atoms with Crippen LogP contribution in [0.4, 0.5) is 11.8 Å². The molecule has 1 aliphatic rings. The molecule has 0 spiro atoms. The Morgan fingerprint density at radius 2 is 1.72 bits per heavy atom. The van der Waals surface area contributed by atoms with Crippen molar-refractivity contribution in [3.8, 4) is 11.5 Å². The van der Waals surface area contributed by atoms with Crippen molar-refractivity contribution in [1.82, 2.24) is 9.97 Å². The first-order valence-corrected chi connectivity index (χ1v) is 9.77. The van der Waals surface area contributed by atoms with E-state index in [4.69, 9.17) is 14.5 Å². The van der Waals surface area contributed by atoms with Crippen molar-refractivity contribution in [2.75, 3.05) is 31.0 Å². The van der Waals surface area contributed by atoms with E-state index in [0.29, 0.717) is 12.5 Å². The fourth-order valence-corrected chi connectivity index (χ4v) is 3.58. The van der Waals surface area contributed by atoms with Gasteiger partial charge in [0.2, 0.25) is 5.95 Å². The second-order valence-corrected chi connectivity index (χ2v) is 7.23. The van der Waals surface area contributed by atoms with Crippen LogP contribution in [0.5, 0.6) is 11.5 Å². The van der Waals surface area contributed by atoms with E-state index in [9.17, 15) is 0 Å². The van der Waals surface area contributed by atoms with Crippen molar-refractivity contribution >= 4 is 11.8 Å². The Morgan fingerprint density at radius 3 is 2.45 bits per heavy atom. The lowest BCUT2D eigenvalue weighted by Crippen LogP contribution is -2.31. The molecule has 29 heavy (non-hydrogen) atoms. The third-order valence-corrected chi connectivity index (χ3v) is 5.25. The van der Waals surface area contributed by atoms with Gasteiger partial charge in [-0.2, -0.15) is 4.98 Å². The zero-order valence-electron chi connectivity index (χ0n) is 17.1. The fourth-order valence-electron chi connectivity index (χ4n) is 3.58. The zero-order valence-corrected chi connectivity index (χ0v) is 17.1. The third kappa shape index (κ3) is 4.26. The highest BCUT2D eigenvalue weighted by Crippen LogP contribution is 2.34. The lowest BCUT2D eigenvalue weighted by molar-refractivity contribution is 0.353. The molecule has 0 aliphatic carbocycles. The molecule has 0 amide bonds. The van der Waals surface area contributed by atoms with E-state index < -0.39 is 0 Å². The molecule has 4 rings (SSSR count). The van der Waals surface area contributed by atoms with Crippen LogP contribution < -0.4 is 19.7 Å². The SMILES string of the molecule is COc1cc2c(cc1OC)CN(c1ccnc(NCc3ccc(C)cc3)n1)CC2. The normalized spacial score (nSPS) is 13.0. The van der Waals surface area contributed by atoms with Crippen LogP contribution in [0, 0.1) is 6.92 Å². The monoisotopic (exact) mass is 390 g/mol. The molecule has 1 N–H and O–H groups in total. The summed E-state index contributed by atoms with van der Waals surface area (Å²) in [5.41, 5.74) is 5.00. The number of nitrogens with one attached hydrogen (secondary N) is 1. The molecule has 2 aromatic carbocycles. The molecule has 6 heteroatoms. The smallest absolute Gasteiger partial charge is 0.224 e. The van der Waals surface area contributed by atoms with Gasteiger partial charge >= 0.3 is 0 Å². The number of aryl methyl sites for hydroxylation is 1. The van der Waals surface area contributed by atoms with Gasteiger partial charge in [0.05, 0.1) is 14.2 Å². The number of anilines is 2. The summed E-state index contributed by atoms with van der Waals surface area (Å²) in [5, 5.41) is 3.33. The van der Waals surface area contributed by atoms with Crippen LogP contribution in [-0.2, 0) is 19.5 Å². The minimum atomic E-state index is 0.640. The van der Waals surface area contributed by atoms with Gasteiger partial charge in [-0.3, -0.25) is 0 Å². The van der Waals surface area contributed by atoms with Crippen LogP contribution in [0.3, 0.4) is 0 Å². The average molecular weight is 390 g/mol. The molecule has 1 aromatic heterocycles. The van der Waals surface area contributed by atoms with Crippen molar-refractivity contribution in [1.29, 1.82) is 0 Å². The van der Waals surface area contributed by atoms with Gasteiger partial charge in [0.1, 0.15) is 5.82 Å². The van der Waals surface area contributed by atoms with E-state index in [1.165, 1.54) is 22.3 Å². The third-order valence-electron chi connectivity index (χ3n) is 5.25. The van der Waals surface area contributed by atoms with Gasteiger partial charge < -0.3 is 19.7 Å². The van der Waals surface area contributed by atoms with Crippen LogP contribution >= 0.6 is 0 Å². The number of methoxy groups -OCH3 is 2. The number of aromatic nitrogens is 2. The minimum Gasteiger partial charge on any atom is -0.493 e. The summed E-state index contributed by atoms with van der Waals surface area (Å²) >= 11 is 0. The summed E-state index contributed by atoms with van der Waals surface area (Å²) < 4.78 is 10.9. The van der Waals surface area contributed by atoms with Gasteiger partial charge in [0.25, 0.3) is 0 Å². The van der Waals surface area contributed by atoms with Crippen molar-refractivity contribution in [2.45, 2.75) is 26.4 Å². The second kappa shape index (κ2) is 8.39. The highest BCUT2D eigenvalue weighted by molar-refractivity contribution is 5.52. The van der Waals surface area contributed by atoms with E-state index in [1.807, 2.05) is 12.3 Å². The fraction of sp³-hybridized carbons (Fsp3) is 0.304. The van der Waals surface area contributed by atoms with Gasteiger partial charge in [-0.25, -0.2) is 4.98 Å². The van der Waals surface area contributed by atoms with Crippen molar-refractivity contribution in [2.24, 2.45) is 0 Å². The summed E-state index contributed by atoms with van der Waals surface area (Å²) in [7, 11) is 3.34. The number of hydrogen-bond acceptors (Lipinski definition) is 6. The van der Waals surface area contributed by atoms with Crippen molar-refractivity contribution in [3.05, 3.63) is 70.9 Å². The molecule has 3 aromatic rings. The molecule has 0 saturated carbocycles. The van der Waals surface area contributed by atoms with Gasteiger partial charge in [0, 0.05) is 25.8 Å². The highest BCUT2D eigenvalue weighted by atomic mass is 16.5. The molecule has 1 aliphatic heterocycles. The van der Waals surface area contributed by atoms with Crippen LogP contribution in [0.1, 0.15) is 22.3 Å². The first-order valence-electron chi connectivity index (χ1n) is 9.77. The number of nitrogens with zero attached hydrogens (tertiary/aromatic N) is 3. The van der Waals surface area contributed by atoms with E-state index in [-0.39, 0.29) is 0 Å². The Balaban J connectivity index is 1.48. The van der Waals surface area contributed by atoms with Gasteiger partial charge in [-0.1, -0.05) is 29.8 Å². The Bertz CT molecular complexity index is 989. The van der Waals surface area contributed by atoms with Crippen molar-refractivity contribution < 1.29 is 9.47 Å². The number of benzene rings is 2. The number of rotatable bonds is 6.